The van der Waals surface area contributed by atoms with Crippen molar-refractivity contribution in [1.29, 1.82) is 0 Å². The number of alkyl halides is 3. The van der Waals surface area contributed by atoms with Crippen molar-refractivity contribution in [3.63, 3.8) is 0 Å². The van der Waals surface area contributed by atoms with Crippen LogP contribution in [-0.4, -0.2) is 101 Å². The topological polar surface area (TPSA) is 142 Å². The molecule has 4 heterocycles. The molecule has 56 heavy (non-hydrogen) atoms. The summed E-state index contributed by atoms with van der Waals surface area (Å²) in [5.41, 5.74) is 4.76. The van der Waals surface area contributed by atoms with Gasteiger partial charge in [-0.25, -0.2) is 4.98 Å². The van der Waals surface area contributed by atoms with Crippen LogP contribution in [0.1, 0.15) is 51.1 Å². The highest BCUT2D eigenvalue weighted by Gasteiger charge is 2.33. The monoisotopic (exact) mass is 769 g/mol. The number of aromatic amines is 1. The van der Waals surface area contributed by atoms with E-state index >= 15 is 0 Å². The average Bonchev–Trinajstić information content (AvgIpc) is 3.61. The third-order valence-corrected chi connectivity index (χ3v) is 9.88. The summed E-state index contributed by atoms with van der Waals surface area (Å²) in [4.78, 5) is 53.2. The maximum Gasteiger partial charge on any atom is 0.390 e. The van der Waals surface area contributed by atoms with Crippen molar-refractivity contribution >= 4 is 34.6 Å². The van der Waals surface area contributed by atoms with Gasteiger partial charge in [0.05, 0.1) is 12.0 Å². The van der Waals surface area contributed by atoms with E-state index in [1.165, 1.54) is 11.6 Å². The lowest BCUT2D eigenvalue weighted by Gasteiger charge is -2.34. The Morgan fingerprint density at radius 3 is 2.38 bits per heavy atom. The lowest BCUT2D eigenvalue weighted by molar-refractivity contribution is -0.131. The summed E-state index contributed by atoms with van der Waals surface area (Å²) in [6, 6.07) is 20.6. The second-order valence-corrected chi connectivity index (χ2v) is 13.8. The van der Waals surface area contributed by atoms with Crippen molar-refractivity contribution in [2.24, 2.45) is 0 Å². The number of carbonyl (C=O) groups excluding carboxylic acids is 3. The van der Waals surface area contributed by atoms with E-state index in [4.69, 9.17) is 9.47 Å². The molecule has 15 heteroatoms. The smallest absolute Gasteiger partial charge is 0.390 e. The molecule has 3 N–H and O–H groups in total. The standard InChI is InChI=1S/C41H42F3N7O5/c42-41(43,44)15-16-45-40-47-25-32-31(24-46-37(32)48-40)28-13-11-27(12-14-28)26-51-20-18-50(19-21-51)17-5-23-55-22-4-7-29-6-1-2-9-33(29)56-34-10-3-8-30-35(34)38(53)49-39(54)36(30)52/h1-3,6,8-14,24-25H,4-5,7,15-23,26H2,(H,49,53,54)(H2,45,46,47,48). The van der Waals surface area contributed by atoms with Crippen molar-refractivity contribution in [1.82, 2.24) is 30.1 Å². The summed E-state index contributed by atoms with van der Waals surface area (Å²) >= 11 is 0. The Balaban J connectivity index is 0.794. The lowest BCUT2D eigenvalue weighted by Crippen LogP contribution is -2.46. The van der Waals surface area contributed by atoms with E-state index in [2.05, 4.69) is 59.7 Å². The molecular weight excluding hydrogens is 727 g/mol. The predicted molar refractivity (Wildman–Crippen MR) is 204 cm³/mol. The molecule has 2 aliphatic heterocycles. The first kappa shape index (κ1) is 38.6. The highest BCUT2D eigenvalue weighted by molar-refractivity contribution is 6.49. The van der Waals surface area contributed by atoms with Crippen LogP contribution in [0.4, 0.5) is 19.1 Å². The fourth-order valence-electron chi connectivity index (χ4n) is 6.94. The Kier molecular flexibility index (Phi) is 12.0. The molecule has 1 fully saturated rings. The molecule has 0 bridgehead atoms. The van der Waals surface area contributed by atoms with Crippen LogP contribution in [0.15, 0.2) is 79.1 Å². The second kappa shape index (κ2) is 17.4. The largest absolute Gasteiger partial charge is 0.456 e. The van der Waals surface area contributed by atoms with Gasteiger partial charge >= 0.3 is 6.18 Å². The van der Waals surface area contributed by atoms with Crippen LogP contribution in [-0.2, 0) is 22.5 Å². The molecule has 0 aliphatic carbocycles. The van der Waals surface area contributed by atoms with Gasteiger partial charge in [-0.1, -0.05) is 48.5 Å². The first-order chi connectivity index (χ1) is 27.1. The molecule has 5 aromatic rings. The van der Waals surface area contributed by atoms with E-state index < -0.39 is 30.2 Å². The number of ether oxygens (including phenoxy) is 2. The molecule has 0 radical (unpaired) electrons. The third-order valence-electron chi connectivity index (χ3n) is 9.88. The maximum absolute atomic E-state index is 12.5. The molecule has 292 valence electrons. The zero-order valence-electron chi connectivity index (χ0n) is 30.7. The number of fused-ring (bicyclic) bond motifs is 2. The van der Waals surface area contributed by atoms with Gasteiger partial charge in [0, 0.05) is 87.9 Å². The zero-order chi connectivity index (χ0) is 39.1. The fourth-order valence-corrected chi connectivity index (χ4v) is 6.94. The number of carbonyl (C=O) groups is 3. The normalized spacial score (nSPS) is 15.2. The molecule has 0 spiro atoms. The van der Waals surface area contributed by atoms with Crippen molar-refractivity contribution in [2.75, 3.05) is 57.8 Å². The van der Waals surface area contributed by atoms with Crippen molar-refractivity contribution in [3.05, 3.63) is 101 Å². The number of benzene rings is 3. The van der Waals surface area contributed by atoms with Gasteiger partial charge in [0.2, 0.25) is 5.95 Å². The van der Waals surface area contributed by atoms with Crippen molar-refractivity contribution in [2.45, 2.75) is 38.4 Å². The summed E-state index contributed by atoms with van der Waals surface area (Å²) in [7, 11) is 0. The summed E-state index contributed by atoms with van der Waals surface area (Å²) in [5.74, 6) is -1.40. The Bertz CT molecular complexity index is 2180. The molecular formula is C41H42F3N7O5. The number of hydrogen-bond acceptors (Lipinski definition) is 10. The van der Waals surface area contributed by atoms with E-state index in [0.29, 0.717) is 31.0 Å². The number of aryl methyl sites for hydroxylation is 1. The number of rotatable bonds is 16. The highest BCUT2D eigenvalue weighted by atomic mass is 19.4. The number of nitrogens with one attached hydrogen (secondary N) is 3. The van der Waals surface area contributed by atoms with Gasteiger partial charge < -0.3 is 24.7 Å². The summed E-state index contributed by atoms with van der Waals surface area (Å²) in [5, 5.41) is 5.51. The summed E-state index contributed by atoms with van der Waals surface area (Å²) in [6.45, 7) is 6.77. The molecule has 3 aromatic carbocycles. The van der Waals surface area contributed by atoms with Crippen molar-refractivity contribution < 1.29 is 37.0 Å². The summed E-state index contributed by atoms with van der Waals surface area (Å²) < 4.78 is 49.5. The lowest BCUT2D eigenvalue weighted by atomic mass is 9.98. The number of nitrogens with zero attached hydrogens (tertiary/aromatic N) is 4. The van der Waals surface area contributed by atoms with Gasteiger partial charge in [-0.05, 0) is 54.2 Å². The molecule has 12 nitrogen and oxygen atoms in total. The van der Waals surface area contributed by atoms with Crippen LogP contribution < -0.4 is 15.4 Å². The van der Waals surface area contributed by atoms with Gasteiger partial charge in [0.15, 0.2) is 0 Å². The van der Waals surface area contributed by atoms with Crippen LogP contribution in [0.3, 0.4) is 0 Å². The van der Waals surface area contributed by atoms with E-state index in [1.807, 2.05) is 30.5 Å². The van der Waals surface area contributed by atoms with E-state index in [1.54, 1.807) is 18.3 Å². The molecule has 0 atom stereocenters. The van der Waals surface area contributed by atoms with Gasteiger partial charge in [0.25, 0.3) is 17.6 Å². The SMILES string of the molecule is O=C1NC(=O)c2c(Oc3ccccc3CCCOCCCN3CCN(Cc4ccc(-c5c[nH]c6nc(NCCC(F)(F)F)ncc56)cc4)CC3)cccc2C1=O. The van der Waals surface area contributed by atoms with Crippen LogP contribution >= 0.6 is 0 Å². The van der Waals surface area contributed by atoms with Gasteiger partial charge in [0.1, 0.15) is 17.1 Å². The molecule has 0 saturated carbocycles. The van der Waals surface area contributed by atoms with E-state index in [0.717, 1.165) is 74.2 Å². The molecule has 1 saturated heterocycles. The van der Waals surface area contributed by atoms with E-state index in [9.17, 15) is 27.6 Å². The van der Waals surface area contributed by atoms with Crippen LogP contribution in [0.2, 0.25) is 0 Å². The summed E-state index contributed by atoms with van der Waals surface area (Å²) in [6.07, 6.45) is 0.709. The number of imide groups is 1. The van der Waals surface area contributed by atoms with Crippen molar-refractivity contribution in [3.8, 4) is 22.6 Å². The van der Waals surface area contributed by atoms with Gasteiger partial charge in [-0.15, -0.1) is 0 Å². The second-order valence-electron chi connectivity index (χ2n) is 13.8. The average molecular weight is 770 g/mol. The number of para-hydroxylation sites is 1. The van der Waals surface area contributed by atoms with E-state index in [-0.39, 0.29) is 29.4 Å². The van der Waals surface area contributed by atoms with Crippen LogP contribution in [0.25, 0.3) is 22.2 Å². The minimum Gasteiger partial charge on any atom is -0.456 e. The Labute approximate surface area is 321 Å². The maximum atomic E-state index is 12.5. The first-order valence-electron chi connectivity index (χ1n) is 18.7. The zero-order valence-corrected chi connectivity index (χ0v) is 30.7. The fraction of sp³-hybridized carbons (Fsp3) is 0.341. The molecule has 2 aliphatic rings. The molecule has 0 unspecified atom stereocenters. The Morgan fingerprint density at radius 2 is 1.57 bits per heavy atom. The number of H-pyrrole nitrogens is 1. The Morgan fingerprint density at radius 1 is 0.821 bits per heavy atom. The van der Waals surface area contributed by atoms with Gasteiger partial charge in [-0.2, -0.15) is 18.2 Å². The number of anilines is 1. The minimum absolute atomic E-state index is 0.0368. The number of ketones is 1. The molecule has 7 rings (SSSR count). The van der Waals surface area contributed by atoms with Crippen LogP contribution in [0.5, 0.6) is 11.5 Å². The Hall–Kier alpha value is -5.64. The number of aromatic nitrogens is 3. The molecule has 2 aromatic heterocycles. The number of piperazine rings is 1. The van der Waals surface area contributed by atoms with Gasteiger partial charge in [-0.3, -0.25) is 24.6 Å². The quantitative estimate of drug-likeness (QED) is 0.0588. The first-order valence-corrected chi connectivity index (χ1v) is 18.7. The minimum atomic E-state index is -4.24. The number of halogens is 3. The number of amides is 2. The molecule has 2 amide bonds. The number of hydrogen-bond donors (Lipinski definition) is 3. The highest BCUT2D eigenvalue weighted by Crippen LogP contribution is 2.32. The van der Waals surface area contributed by atoms with Crippen LogP contribution in [0, 0.1) is 0 Å². The number of Topliss-reactive ketones (excluding diaryl/α,β-unsaturated/α-hetero) is 1. The third kappa shape index (κ3) is 9.59. The predicted octanol–water partition coefficient (Wildman–Crippen LogP) is 6.39.